The molecular formula is C34H38N6O5S. The number of hydrogen-bond acceptors (Lipinski definition) is 10. The van der Waals surface area contributed by atoms with Crippen LogP contribution in [0.1, 0.15) is 50.8 Å². The van der Waals surface area contributed by atoms with Gasteiger partial charge >= 0.3 is 0 Å². The fraction of sp³-hybridized carbons (Fsp3) is 0.324. The minimum Gasteiger partial charge on any atom is -0.457 e. The van der Waals surface area contributed by atoms with Crippen LogP contribution in [0.2, 0.25) is 0 Å². The molecule has 46 heavy (non-hydrogen) atoms. The van der Waals surface area contributed by atoms with Crippen molar-refractivity contribution in [1.82, 2.24) is 10.2 Å². The van der Waals surface area contributed by atoms with Crippen LogP contribution in [0.3, 0.4) is 0 Å². The molecule has 3 aromatic carbocycles. The molecule has 12 heteroatoms. The largest absolute Gasteiger partial charge is 0.457 e. The minimum atomic E-state index is -1.59. The number of nitrogens with one attached hydrogen (secondary N) is 1. The highest BCUT2D eigenvalue weighted by Gasteiger charge is 2.49. The lowest BCUT2D eigenvalue weighted by atomic mass is 9.69. The number of ether oxygens (including phenoxy) is 2. The Morgan fingerprint density at radius 3 is 2.57 bits per heavy atom. The average molecular weight is 643 g/mol. The van der Waals surface area contributed by atoms with Gasteiger partial charge in [-0.1, -0.05) is 30.3 Å². The van der Waals surface area contributed by atoms with E-state index in [2.05, 4.69) is 5.32 Å². The topological polar surface area (TPSA) is 189 Å². The van der Waals surface area contributed by atoms with Crippen molar-refractivity contribution in [3.63, 3.8) is 0 Å². The van der Waals surface area contributed by atoms with Crippen molar-refractivity contribution in [1.29, 1.82) is 0 Å². The molecule has 2 amide bonds. The number of methoxy groups -OCH3 is 1. The summed E-state index contributed by atoms with van der Waals surface area (Å²) in [5.74, 6) is 0.249. The van der Waals surface area contributed by atoms with Crippen molar-refractivity contribution in [3.05, 3.63) is 87.8 Å². The van der Waals surface area contributed by atoms with Crippen molar-refractivity contribution in [2.45, 2.75) is 43.4 Å². The highest BCUT2D eigenvalue weighted by atomic mass is 32.1. The summed E-state index contributed by atoms with van der Waals surface area (Å²) in [6, 6.07) is 16.0. The van der Waals surface area contributed by atoms with E-state index >= 15 is 0 Å². The number of benzene rings is 3. The standard InChI is InChI=1S/C34H38N6O5S/c1-18-15-21(45-20-8-4-3-5-9-20)10-11-22(18)34(38)23-12-13-24(35)29-26(23)27(28(37)31(34)41)30(46-29)32(42)39-19-7-6-14-40(16-19)33(43)25(36)17-44-2/h3-5,8-13,15,19,25,28H,6-7,14,16-17,35-38H2,1-2H3,(H,39,42)/t19-,25+,28?,34?/m1/s1. The first-order valence-corrected chi connectivity index (χ1v) is 16.0. The van der Waals surface area contributed by atoms with Crippen LogP contribution in [0.25, 0.3) is 10.1 Å². The summed E-state index contributed by atoms with van der Waals surface area (Å²) in [7, 11) is 1.49. The SMILES string of the molecule is COC[C@H](N)C(=O)N1CCC[C@@H](NC(=O)c2sc3c(N)ccc4c3c2C(N)C(=O)C4(N)c2ccc(Oc3ccccc3)cc2C)C1. The Hall–Kier alpha value is -4.33. The number of carbonyl (C=O) groups excluding carboxylic acids is 3. The Balaban J connectivity index is 1.34. The number of thiophene rings is 1. The maximum absolute atomic E-state index is 14.3. The molecule has 0 radical (unpaired) electrons. The van der Waals surface area contributed by atoms with Gasteiger partial charge in [0, 0.05) is 42.9 Å². The van der Waals surface area contributed by atoms with Gasteiger partial charge in [0.25, 0.3) is 5.91 Å². The fourth-order valence-electron chi connectivity index (χ4n) is 6.63. The average Bonchev–Trinajstić information content (AvgIpc) is 3.46. The number of nitrogen functional groups attached to an aromatic ring is 1. The predicted octanol–water partition coefficient (Wildman–Crippen LogP) is 3.06. The molecular weight excluding hydrogens is 604 g/mol. The molecule has 1 aromatic heterocycles. The van der Waals surface area contributed by atoms with Gasteiger partial charge in [0.05, 0.1) is 22.2 Å². The second-order valence-corrected chi connectivity index (χ2v) is 13.0. The van der Waals surface area contributed by atoms with Crippen LogP contribution < -0.4 is 33.0 Å². The molecule has 1 aliphatic carbocycles. The summed E-state index contributed by atoms with van der Waals surface area (Å²) in [5.41, 5.74) is 27.3. The second-order valence-electron chi connectivity index (χ2n) is 12.0. The van der Waals surface area contributed by atoms with Gasteiger partial charge in [-0.3, -0.25) is 14.4 Å². The highest BCUT2D eigenvalue weighted by Crippen LogP contribution is 2.50. The van der Waals surface area contributed by atoms with E-state index in [9.17, 15) is 14.4 Å². The molecule has 2 heterocycles. The van der Waals surface area contributed by atoms with Gasteiger partial charge in [0.2, 0.25) is 5.91 Å². The van der Waals surface area contributed by atoms with E-state index in [0.29, 0.717) is 74.8 Å². The van der Waals surface area contributed by atoms with E-state index in [0.717, 1.165) is 5.56 Å². The van der Waals surface area contributed by atoms with Gasteiger partial charge in [-0.05, 0) is 66.8 Å². The number of rotatable bonds is 8. The summed E-state index contributed by atoms with van der Waals surface area (Å²) >= 11 is 1.19. The number of anilines is 1. The first-order valence-electron chi connectivity index (χ1n) is 15.2. The van der Waals surface area contributed by atoms with Crippen LogP contribution in [0.15, 0.2) is 60.7 Å². The number of carbonyl (C=O) groups is 3. The molecule has 240 valence electrons. The Morgan fingerprint density at radius 2 is 1.85 bits per heavy atom. The number of Topliss-reactive ketones (excluding diaryl/α,β-unsaturated/α-hetero) is 1. The number of amides is 2. The van der Waals surface area contributed by atoms with Crippen LogP contribution >= 0.6 is 11.3 Å². The third kappa shape index (κ3) is 5.41. The number of piperidine rings is 1. The number of nitrogens with zero attached hydrogens (tertiary/aromatic N) is 1. The predicted molar refractivity (Wildman–Crippen MR) is 178 cm³/mol. The smallest absolute Gasteiger partial charge is 0.262 e. The highest BCUT2D eigenvalue weighted by molar-refractivity contribution is 7.21. The molecule has 2 aliphatic rings. The lowest BCUT2D eigenvalue weighted by Gasteiger charge is -2.37. The molecule has 11 nitrogen and oxygen atoms in total. The fourth-order valence-corrected chi connectivity index (χ4v) is 7.83. The van der Waals surface area contributed by atoms with Gasteiger partial charge in [-0.15, -0.1) is 11.3 Å². The van der Waals surface area contributed by atoms with Crippen molar-refractivity contribution < 1.29 is 23.9 Å². The van der Waals surface area contributed by atoms with Crippen LogP contribution in [0, 0.1) is 6.92 Å². The van der Waals surface area contributed by atoms with Crippen LogP contribution in [0.5, 0.6) is 11.5 Å². The number of para-hydroxylation sites is 1. The molecule has 0 saturated carbocycles. The van der Waals surface area contributed by atoms with Crippen LogP contribution in [-0.4, -0.2) is 61.4 Å². The number of aryl methyl sites for hydroxylation is 1. The molecule has 4 aromatic rings. The lowest BCUT2D eigenvalue weighted by Crippen LogP contribution is -2.54. The maximum Gasteiger partial charge on any atom is 0.262 e. The Bertz CT molecular complexity index is 1830. The summed E-state index contributed by atoms with van der Waals surface area (Å²) in [6.07, 6.45) is 1.39. The minimum absolute atomic E-state index is 0.112. The molecule has 1 aliphatic heterocycles. The van der Waals surface area contributed by atoms with E-state index < -0.39 is 23.4 Å². The van der Waals surface area contributed by atoms with Gasteiger partial charge in [0.1, 0.15) is 23.1 Å². The molecule has 4 atom stereocenters. The lowest BCUT2D eigenvalue weighted by molar-refractivity contribution is -0.135. The van der Waals surface area contributed by atoms with Gasteiger partial charge in [-0.25, -0.2) is 0 Å². The van der Waals surface area contributed by atoms with Crippen molar-refractivity contribution in [2.75, 3.05) is 32.5 Å². The van der Waals surface area contributed by atoms with Gasteiger partial charge in [0.15, 0.2) is 5.78 Å². The zero-order valence-corrected chi connectivity index (χ0v) is 26.6. The molecule has 1 saturated heterocycles. The molecule has 0 bridgehead atoms. The normalized spacial score (nSPS) is 21.7. The number of likely N-dealkylation sites (tertiary alicyclic amines) is 1. The van der Waals surface area contributed by atoms with E-state index in [1.807, 2.05) is 43.3 Å². The summed E-state index contributed by atoms with van der Waals surface area (Å²) in [4.78, 5) is 42.9. The number of ketones is 1. The third-order valence-electron chi connectivity index (χ3n) is 8.85. The summed E-state index contributed by atoms with van der Waals surface area (Å²) in [5, 5.41) is 3.69. The molecule has 2 unspecified atom stereocenters. The Labute approximate surface area is 270 Å². The van der Waals surface area contributed by atoms with Crippen molar-refractivity contribution in [2.24, 2.45) is 17.2 Å². The Morgan fingerprint density at radius 1 is 1.11 bits per heavy atom. The van der Waals surface area contributed by atoms with E-state index in [-0.39, 0.29) is 24.5 Å². The van der Waals surface area contributed by atoms with E-state index in [1.165, 1.54) is 18.4 Å². The molecule has 6 rings (SSSR count). The van der Waals surface area contributed by atoms with Crippen LogP contribution in [-0.2, 0) is 19.9 Å². The Kier molecular flexibility index (Phi) is 8.57. The molecule has 9 N–H and O–H groups in total. The summed E-state index contributed by atoms with van der Waals surface area (Å²) < 4.78 is 11.7. The van der Waals surface area contributed by atoms with E-state index in [1.54, 1.807) is 29.2 Å². The monoisotopic (exact) mass is 642 g/mol. The van der Waals surface area contributed by atoms with Gasteiger partial charge < -0.3 is 42.6 Å². The van der Waals surface area contributed by atoms with Crippen molar-refractivity contribution >= 4 is 44.7 Å². The zero-order chi connectivity index (χ0) is 32.7. The molecule has 1 fully saturated rings. The zero-order valence-electron chi connectivity index (χ0n) is 25.7. The number of nitrogens with two attached hydrogens (primary N) is 4. The van der Waals surface area contributed by atoms with Crippen molar-refractivity contribution in [3.8, 4) is 11.5 Å². The number of hydrogen-bond donors (Lipinski definition) is 5. The molecule has 0 spiro atoms. The first kappa shape index (κ1) is 31.6. The first-order chi connectivity index (χ1) is 22.0. The van der Waals surface area contributed by atoms with Gasteiger partial charge in [-0.2, -0.15) is 0 Å². The van der Waals surface area contributed by atoms with Crippen LogP contribution in [0.4, 0.5) is 5.69 Å². The summed E-state index contributed by atoms with van der Waals surface area (Å²) in [6.45, 7) is 2.85. The second kappa shape index (κ2) is 12.5. The third-order valence-corrected chi connectivity index (χ3v) is 10.1. The maximum atomic E-state index is 14.3. The quantitative estimate of drug-likeness (QED) is 0.180. The van der Waals surface area contributed by atoms with E-state index in [4.69, 9.17) is 32.4 Å².